The Morgan fingerprint density at radius 3 is 2.89 bits per heavy atom. The summed E-state index contributed by atoms with van der Waals surface area (Å²) < 4.78 is 19.0. The van der Waals surface area contributed by atoms with Gasteiger partial charge in [0.15, 0.2) is 16.7 Å². The van der Waals surface area contributed by atoms with Gasteiger partial charge in [-0.25, -0.2) is 9.78 Å². The van der Waals surface area contributed by atoms with Crippen molar-refractivity contribution in [2.45, 2.75) is 6.61 Å². The van der Waals surface area contributed by atoms with Crippen LogP contribution in [0.15, 0.2) is 47.1 Å². The molecule has 3 heterocycles. The molecule has 138 valence electrons. The average Bonchev–Trinajstić information content (AvgIpc) is 2.99. The van der Waals surface area contributed by atoms with Crippen LogP contribution in [0.25, 0.3) is 11.7 Å². The third kappa shape index (κ3) is 3.79. The predicted molar refractivity (Wildman–Crippen MR) is 104 cm³/mol. The first-order chi connectivity index (χ1) is 13.1. The zero-order chi connectivity index (χ0) is 18.8. The number of benzene rings is 1. The molecule has 6 nitrogen and oxygen atoms in total. The second kappa shape index (κ2) is 7.62. The summed E-state index contributed by atoms with van der Waals surface area (Å²) in [7, 11) is 0. The smallest absolute Gasteiger partial charge is 0.331 e. The molecule has 0 unspecified atom stereocenters. The lowest BCUT2D eigenvalue weighted by molar-refractivity contribution is -0.138. The molecule has 1 aliphatic rings. The Hall–Kier alpha value is -2.51. The number of pyridine rings is 1. The van der Waals surface area contributed by atoms with Gasteiger partial charge in [0.1, 0.15) is 25.5 Å². The summed E-state index contributed by atoms with van der Waals surface area (Å²) in [5.74, 6) is 0.827. The number of esters is 1. The first-order valence-electron chi connectivity index (χ1n) is 8.17. The van der Waals surface area contributed by atoms with Crippen molar-refractivity contribution >= 4 is 45.2 Å². The Morgan fingerprint density at radius 1 is 1.30 bits per heavy atom. The Bertz CT molecular complexity index is 1050. The third-order valence-electron chi connectivity index (χ3n) is 3.98. The van der Waals surface area contributed by atoms with Gasteiger partial charge < -0.3 is 14.2 Å². The van der Waals surface area contributed by atoms with Gasteiger partial charge in [-0.3, -0.25) is 4.40 Å². The highest BCUT2D eigenvalue weighted by Crippen LogP contribution is 2.35. The van der Waals surface area contributed by atoms with Crippen molar-refractivity contribution < 1.29 is 19.0 Å². The van der Waals surface area contributed by atoms with Gasteiger partial charge in [0.2, 0.25) is 0 Å². The van der Waals surface area contributed by atoms with Gasteiger partial charge in [-0.1, -0.05) is 33.6 Å². The fraction of sp³-hybridized carbons (Fsp3) is 0.158. The Morgan fingerprint density at radius 2 is 2.07 bits per heavy atom. The summed E-state index contributed by atoms with van der Waals surface area (Å²) in [6.07, 6.45) is 4.74. The summed E-state index contributed by atoms with van der Waals surface area (Å²) in [6.45, 7) is 1.11. The Balaban J connectivity index is 1.45. The van der Waals surface area contributed by atoms with E-state index < -0.39 is 5.97 Å². The number of hydrogen-bond donors (Lipinski definition) is 0. The van der Waals surface area contributed by atoms with Crippen molar-refractivity contribution in [1.29, 1.82) is 0 Å². The van der Waals surface area contributed by atoms with Crippen LogP contribution in [0.3, 0.4) is 0 Å². The molecule has 0 radical (unpaired) electrons. The minimum atomic E-state index is -0.487. The summed E-state index contributed by atoms with van der Waals surface area (Å²) in [6, 6.07) is 9.18. The van der Waals surface area contributed by atoms with Crippen LogP contribution in [0, 0.1) is 0 Å². The normalized spacial score (nSPS) is 13.3. The van der Waals surface area contributed by atoms with Crippen LogP contribution < -0.4 is 9.47 Å². The predicted octanol–water partition coefficient (Wildman–Crippen LogP) is 4.28. The highest BCUT2D eigenvalue weighted by Gasteiger charge is 2.15. The van der Waals surface area contributed by atoms with E-state index in [0.717, 1.165) is 10.0 Å². The summed E-state index contributed by atoms with van der Waals surface area (Å²) in [5, 5.41) is 0.319. The van der Waals surface area contributed by atoms with Gasteiger partial charge in [0.25, 0.3) is 0 Å². The summed E-state index contributed by atoms with van der Waals surface area (Å²) in [5.41, 5.74) is 2.11. The molecule has 0 saturated heterocycles. The van der Waals surface area contributed by atoms with E-state index in [9.17, 15) is 4.79 Å². The van der Waals surface area contributed by atoms with E-state index >= 15 is 0 Å². The van der Waals surface area contributed by atoms with Crippen molar-refractivity contribution in [3.05, 3.63) is 63.5 Å². The second-order valence-electron chi connectivity index (χ2n) is 5.75. The largest absolute Gasteiger partial charge is 0.486 e. The van der Waals surface area contributed by atoms with Crippen molar-refractivity contribution in [2.75, 3.05) is 13.2 Å². The number of carbonyl (C=O) groups is 1. The molecule has 1 aromatic carbocycles. The molecule has 0 bridgehead atoms. The zero-order valence-electron chi connectivity index (χ0n) is 14.0. The highest BCUT2D eigenvalue weighted by atomic mass is 79.9. The van der Waals surface area contributed by atoms with Crippen LogP contribution in [0.4, 0.5) is 0 Å². The quantitative estimate of drug-likeness (QED) is 0.439. The molecule has 0 atom stereocenters. The monoisotopic (exact) mass is 448 g/mol. The molecule has 4 rings (SSSR count). The van der Waals surface area contributed by atoms with Crippen molar-refractivity contribution in [2.24, 2.45) is 0 Å². The van der Waals surface area contributed by atoms with Crippen LogP contribution in [-0.2, 0) is 16.1 Å². The standard InChI is InChI=1S/C19H14BrClN2O4/c20-13-10-16-15(25-7-8-26-16)9-12(13)11-27-18(24)5-4-14-19(21)22-17-3-1-2-6-23(14)17/h1-6,9-10H,7-8,11H2/b5-4+. The van der Waals surface area contributed by atoms with Crippen LogP contribution in [-0.4, -0.2) is 28.6 Å². The first-order valence-corrected chi connectivity index (χ1v) is 9.34. The fourth-order valence-corrected chi connectivity index (χ4v) is 3.37. The Kier molecular flexibility index (Phi) is 5.05. The van der Waals surface area contributed by atoms with Crippen LogP contribution in [0.2, 0.25) is 5.15 Å². The van der Waals surface area contributed by atoms with E-state index in [-0.39, 0.29) is 6.61 Å². The van der Waals surface area contributed by atoms with Gasteiger partial charge in [-0.05, 0) is 30.3 Å². The molecule has 2 aromatic heterocycles. The molecule has 1 aliphatic heterocycles. The molecule has 3 aromatic rings. The van der Waals surface area contributed by atoms with Crippen molar-refractivity contribution in [3.8, 4) is 11.5 Å². The third-order valence-corrected chi connectivity index (χ3v) is 5.00. The summed E-state index contributed by atoms with van der Waals surface area (Å²) in [4.78, 5) is 16.3. The van der Waals surface area contributed by atoms with E-state index in [2.05, 4.69) is 20.9 Å². The molecule has 0 amide bonds. The fourth-order valence-electron chi connectivity index (χ4n) is 2.70. The van der Waals surface area contributed by atoms with Gasteiger partial charge in [0.05, 0.1) is 5.69 Å². The van der Waals surface area contributed by atoms with Gasteiger partial charge in [-0.2, -0.15) is 0 Å². The first kappa shape index (κ1) is 17.9. The van der Waals surface area contributed by atoms with Crippen LogP contribution >= 0.6 is 27.5 Å². The lowest BCUT2D eigenvalue weighted by atomic mass is 10.2. The number of carbonyl (C=O) groups excluding carboxylic acids is 1. The molecular formula is C19H14BrClN2O4. The number of hydrogen-bond acceptors (Lipinski definition) is 5. The number of imidazole rings is 1. The average molecular weight is 450 g/mol. The number of aromatic nitrogens is 2. The molecule has 0 fully saturated rings. The van der Waals surface area contributed by atoms with E-state index in [0.29, 0.717) is 41.2 Å². The zero-order valence-corrected chi connectivity index (χ0v) is 16.4. The molecule has 0 saturated carbocycles. The molecule has 27 heavy (non-hydrogen) atoms. The number of fused-ring (bicyclic) bond motifs is 2. The molecular weight excluding hydrogens is 436 g/mol. The maximum absolute atomic E-state index is 12.1. The topological polar surface area (TPSA) is 62.1 Å². The molecule has 0 spiro atoms. The van der Waals surface area contributed by atoms with Crippen molar-refractivity contribution in [3.63, 3.8) is 0 Å². The number of nitrogens with zero attached hydrogens (tertiary/aromatic N) is 2. The van der Waals surface area contributed by atoms with Gasteiger partial charge in [0, 0.05) is 22.3 Å². The van der Waals surface area contributed by atoms with Crippen molar-refractivity contribution in [1.82, 2.24) is 9.38 Å². The molecule has 8 heteroatoms. The number of rotatable bonds is 4. The SMILES string of the molecule is O=C(/C=C/c1c(Cl)nc2ccccn12)OCc1cc2c(cc1Br)OCCO2. The Labute approximate surface area is 168 Å². The maximum atomic E-state index is 12.1. The van der Waals surface area contributed by atoms with E-state index in [4.69, 9.17) is 25.8 Å². The van der Waals surface area contributed by atoms with E-state index in [1.807, 2.05) is 30.5 Å². The lowest BCUT2D eigenvalue weighted by Gasteiger charge is -2.19. The van der Waals surface area contributed by atoms with Gasteiger partial charge in [-0.15, -0.1) is 0 Å². The number of halogens is 2. The van der Waals surface area contributed by atoms with Crippen LogP contribution in [0.1, 0.15) is 11.3 Å². The molecule has 0 N–H and O–H groups in total. The van der Waals surface area contributed by atoms with E-state index in [1.165, 1.54) is 6.08 Å². The lowest BCUT2D eigenvalue weighted by Crippen LogP contribution is -2.15. The highest BCUT2D eigenvalue weighted by molar-refractivity contribution is 9.10. The van der Waals surface area contributed by atoms with Gasteiger partial charge >= 0.3 is 5.97 Å². The molecule has 0 aliphatic carbocycles. The summed E-state index contributed by atoms with van der Waals surface area (Å²) >= 11 is 9.60. The maximum Gasteiger partial charge on any atom is 0.331 e. The minimum Gasteiger partial charge on any atom is -0.486 e. The second-order valence-corrected chi connectivity index (χ2v) is 6.96. The van der Waals surface area contributed by atoms with Crippen LogP contribution in [0.5, 0.6) is 11.5 Å². The minimum absolute atomic E-state index is 0.0985. The van der Waals surface area contributed by atoms with E-state index in [1.54, 1.807) is 16.5 Å². The number of ether oxygens (including phenoxy) is 3.